The SMILES string of the molecule is CCNC(=O)C(=O)N1CCC2(NS(=O)(=O)c3cn(C)c(C(=O)Nc4cc(F)c(F)c(F)c4)c3F)CC2C1. The number of anilines is 1. The third-order valence-corrected chi connectivity index (χ3v) is 8.03. The van der Waals surface area contributed by atoms with Gasteiger partial charge in [-0.3, -0.25) is 14.4 Å². The van der Waals surface area contributed by atoms with Gasteiger partial charge in [0, 0.05) is 56.2 Å². The molecule has 3 N–H and O–H groups in total. The summed E-state index contributed by atoms with van der Waals surface area (Å²) >= 11 is 0. The normalized spacial score (nSPS) is 20.8. The average molecular weight is 546 g/mol. The molecule has 2 aromatic rings. The van der Waals surface area contributed by atoms with E-state index >= 15 is 4.39 Å². The fourth-order valence-corrected chi connectivity index (χ4v) is 6.14. The number of hydrogen-bond donors (Lipinski definition) is 3. The van der Waals surface area contributed by atoms with Gasteiger partial charge in [-0.25, -0.2) is 30.7 Å². The number of sulfonamides is 1. The molecule has 2 atom stereocenters. The zero-order chi connectivity index (χ0) is 27.3. The number of piperidine rings is 1. The maximum absolute atomic E-state index is 15.2. The lowest BCUT2D eigenvalue weighted by atomic mass is 10.1. The van der Waals surface area contributed by atoms with Crippen LogP contribution in [-0.4, -0.2) is 60.8 Å². The first kappa shape index (κ1) is 26.6. The first-order chi connectivity index (χ1) is 17.3. The number of likely N-dealkylation sites (N-methyl/N-ethyl adjacent to an activating group) is 1. The summed E-state index contributed by atoms with van der Waals surface area (Å²) in [6.07, 6.45) is 1.45. The van der Waals surface area contributed by atoms with E-state index in [0.717, 1.165) is 10.8 Å². The van der Waals surface area contributed by atoms with Gasteiger partial charge >= 0.3 is 11.8 Å². The molecule has 1 saturated carbocycles. The molecule has 37 heavy (non-hydrogen) atoms. The Kier molecular flexibility index (Phi) is 6.79. The molecule has 15 heteroatoms. The van der Waals surface area contributed by atoms with Crippen molar-refractivity contribution in [2.75, 3.05) is 25.0 Å². The smallest absolute Gasteiger partial charge is 0.311 e. The molecule has 1 saturated heterocycles. The number of carbonyl (C=O) groups is 3. The number of halogens is 4. The summed E-state index contributed by atoms with van der Waals surface area (Å²) in [5, 5.41) is 4.43. The number of nitrogens with one attached hydrogen (secondary N) is 3. The third kappa shape index (κ3) is 4.92. The Morgan fingerprint density at radius 2 is 1.76 bits per heavy atom. The van der Waals surface area contributed by atoms with Crippen LogP contribution in [0.15, 0.2) is 23.2 Å². The standard InChI is InChI=1S/C22H23F4N5O5S/c1-3-27-20(33)21(34)31-5-4-22(8-11(22)9-31)29-37(35,36)15-10-30(2)18(17(15)26)19(32)28-12-6-13(23)16(25)14(24)7-12/h6-7,10-11,29H,3-5,8-9H2,1-2H3,(H,27,33)(H,28,32). The van der Waals surface area contributed by atoms with Gasteiger partial charge in [0.25, 0.3) is 5.91 Å². The molecule has 1 aliphatic heterocycles. The van der Waals surface area contributed by atoms with Crippen LogP contribution in [0.4, 0.5) is 23.2 Å². The molecule has 1 aliphatic carbocycles. The second-order valence-corrected chi connectivity index (χ2v) is 10.6. The van der Waals surface area contributed by atoms with E-state index in [1.807, 2.05) is 5.32 Å². The van der Waals surface area contributed by atoms with Gasteiger partial charge in [0.05, 0.1) is 0 Å². The summed E-state index contributed by atoms with van der Waals surface area (Å²) in [6, 6.07) is 0.984. The highest BCUT2D eigenvalue weighted by atomic mass is 32.2. The van der Waals surface area contributed by atoms with Gasteiger partial charge in [0.15, 0.2) is 23.3 Å². The fraction of sp³-hybridized carbons (Fsp3) is 0.409. The number of fused-ring (bicyclic) bond motifs is 1. The van der Waals surface area contributed by atoms with E-state index in [-0.39, 0.29) is 32.0 Å². The number of aryl methyl sites for hydroxylation is 1. The lowest BCUT2D eigenvalue weighted by Crippen LogP contribution is -2.51. The van der Waals surface area contributed by atoms with Crippen molar-refractivity contribution in [1.82, 2.24) is 19.5 Å². The van der Waals surface area contributed by atoms with Gasteiger partial charge in [0.2, 0.25) is 10.0 Å². The van der Waals surface area contributed by atoms with Crippen LogP contribution >= 0.6 is 0 Å². The molecule has 3 amide bonds. The number of benzene rings is 1. The maximum Gasteiger partial charge on any atom is 0.311 e. The van der Waals surface area contributed by atoms with Crippen LogP contribution in [0.5, 0.6) is 0 Å². The van der Waals surface area contributed by atoms with Gasteiger partial charge in [-0.15, -0.1) is 0 Å². The Labute approximate surface area is 209 Å². The highest BCUT2D eigenvalue weighted by Crippen LogP contribution is 2.50. The van der Waals surface area contributed by atoms with Gasteiger partial charge in [0.1, 0.15) is 10.6 Å². The molecule has 0 bridgehead atoms. The summed E-state index contributed by atoms with van der Waals surface area (Å²) in [5.41, 5.74) is -2.17. The van der Waals surface area contributed by atoms with Crippen LogP contribution in [0.2, 0.25) is 0 Å². The van der Waals surface area contributed by atoms with E-state index in [0.29, 0.717) is 18.6 Å². The zero-order valence-electron chi connectivity index (χ0n) is 19.7. The number of hydrogen-bond acceptors (Lipinski definition) is 5. The van der Waals surface area contributed by atoms with Crippen LogP contribution < -0.4 is 15.4 Å². The second-order valence-electron chi connectivity index (χ2n) is 9.00. The molecule has 1 aromatic carbocycles. The number of likely N-dealkylation sites (tertiary alicyclic amines) is 1. The molecule has 4 rings (SSSR count). The quantitative estimate of drug-likeness (QED) is 0.286. The van der Waals surface area contributed by atoms with E-state index < -0.39 is 72.8 Å². The zero-order valence-corrected chi connectivity index (χ0v) is 20.5. The first-order valence-electron chi connectivity index (χ1n) is 11.2. The molecular formula is C22H23F4N5O5S. The molecule has 200 valence electrons. The predicted octanol–water partition coefficient (Wildman–Crippen LogP) is 1.24. The Morgan fingerprint density at radius 3 is 2.35 bits per heavy atom. The van der Waals surface area contributed by atoms with Crippen molar-refractivity contribution in [3.05, 3.63) is 47.3 Å². The maximum atomic E-state index is 15.2. The minimum atomic E-state index is -4.48. The van der Waals surface area contributed by atoms with Crippen molar-refractivity contribution in [3.63, 3.8) is 0 Å². The van der Waals surface area contributed by atoms with Gasteiger partial charge in [-0.05, 0) is 25.7 Å². The summed E-state index contributed by atoms with van der Waals surface area (Å²) in [6.45, 7) is 2.22. The average Bonchev–Trinajstić information content (AvgIpc) is 3.42. The van der Waals surface area contributed by atoms with E-state index in [2.05, 4.69) is 10.0 Å². The molecule has 2 unspecified atom stereocenters. The van der Waals surface area contributed by atoms with Crippen molar-refractivity contribution in [2.45, 2.75) is 30.2 Å². The van der Waals surface area contributed by atoms with Crippen molar-refractivity contribution in [3.8, 4) is 0 Å². The Morgan fingerprint density at radius 1 is 1.11 bits per heavy atom. The topological polar surface area (TPSA) is 130 Å². The van der Waals surface area contributed by atoms with Crippen molar-refractivity contribution >= 4 is 33.4 Å². The van der Waals surface area contributed by atoms with Crippen molar-refractivity contribution < 1.29 is 40.4 Å². The molecule has 0 radical (unpaired) electrons. The first-order valence-corrected chi connectivity index (χ1v) is 12.7. The predicted molar refractivity (Wildman–Crippen MR) is 121 cm³/mol. The number of aromatic nitrogens is 1. The second kappa shape index (κ2) is 9.45. The van der Waals surface area contributed by atoms with E-state index in [9.17, 15) is 36.0 Å². The third-order valence-electron chi connectivity index (χ3n) is 6.49. The summed E-state index contributed by atoms with van der Waals surface area (Å²) in [5.74, 6) is -9.26. The van der Waals surface area contributed by atoms with Gasteiger partial charge in [-0.1, -0.05) is 0 Å². The van der Waals surface area contributed by atoms with E-state index in [4.69, 9.17) is 0 Å². The molecule has 2 aliphatic rings. The lowest BCUT2D eigenvalue weighted by Gasteiger charge is -2.31. The number of nitrogens with zero attached hydrogens (tertiary/aromatic N) is 2. The highest BCUT2D eigenvalue weighted by molar-refractivity contribution is 7.89. The van der Waals surface area contributed by atoms with Gasteiger partial charge in [-0.2, -0.15) is 0 Å². The number of amides is 3. The molecule has 2 fully saturated rings. The molecule has 2 heterocycles. The Balaban J connectivity index is 1.49. The van der Waals surface area contributed by atoms with Crippen LogP contribution in [0, 0.1) is 29.2 Å². The van der Waals surface area contributed by atoms with E-state index in [1.165, 1.54) is 11.9 Å². The highest BCUT2D eigenvalue weighted by Gasteiger charge is 2.59. The fourth-order valence-electron chi connectivity index (χ4n) is 4.51. The van der Waals surface area contributed by atoms with Crippen molar-refractivity contribution in [1.29, 1.82) is 0 Å². The van der Waals surface area contributed by atoms with Gasteiger partial charge < -0.3 is 20.1 Å². The molecule has 10 nitrogen and oxygen atoms in total. The van der Waals surface area contributed by atoms with Crippen molar-refractivity contribution in [2.24, 2.45) is 13.0 Å². The number of carbonyl (C=O) groups excluding carboxylic acids is 3. The monoisotopic (exact) mass is 545 g/mol. The summed E-state index contributed by atoms with van der Waals surface area (Å²) in [7, 11) is -3.27. The van der Waals surface area contributed by atoms with Crippen LogP contribution in [0.25, 0.3) is 0 Å². The summed E-state index contributed by atoms with van der Waals surface area (Å²) < 4.78 is 84.7. The van der Waals surface area contributed by atoms with Crippen LogP contribution in [-0.2, 0) is 26.7 Å². The van der Waals surface area contributed by atoms with E-state index in [1.54, 1.807) is 6.92 Å². The Bertz CT molecular complexity index is 1390. The summed E-state index contributed by atoms with van der Waals surface area (Å²) in [4.78, 5) is 37.1. The largest absolute Gasteiger partial charge is 0.348 e. The molecule has 0 spiro atoms. The van der Waals surface area contributed by atoms with Crippen LogP contribution in [0.3, 0.4) is 0 Å². The minimum Gasteiger partial charge on any atom is -0.348 e. The molecule has 1 aromatic heterocycles. The Hall–Kier alpha value is -3.46. The molecular weight excluding hydrogens is 522 g/mol. The lowest BCUT2D eigenvalue weighted by molar-refractivity contribution is -0.146. The minimum absolute atomic E-state index is 0.116. The van der Waals surface area contributed by atoms with Crippen LogP contribution in [0.1, 0.15) is 30.3 Å². The number of rotatable bonds is 6.